The summed E-state index contributed by atoms with van der Waals surface area (Å²) < 4.78 is 0. The fourth-order valence-corrected chi connectivity index (χ4v) is 2.09. The van der Waals surface area contributed by atoms with Gasteiger partial charge in [0.05, 0.1) is 0 Å². The van der Waals surface area contributed by atoms with Crippen LogP contribution in [0.25, 0.3) is 0 Å². The molecule has 0 aromatic carbocycles. The van der Waals surface area contributed by atoms with Crippen LogP contribution in [0.4, 0.5) is 0 Å². The van der Waals surface area contributed by atoms with E-state index in [4.69, 9.17) is 12.2 Å². The first kappa shape index (κ1) is 11.4. The summed E-state index contributed by atoms with van der Waals surface area (Å²) in [5.41, 5.74) is -0.452. The SMILES string of the molecule is CCC(C)CC1(CC)NC(=S)NC1=O. The molecule has 3 nitrogen and oxygen atoms in total. The molecule has 2 atom stereocenters. The van der Waals surface area contributed by atoms with Gasteiger partial charge in [0.1, 0.15) is 5.54 Å². The average Bonchev–Trinajstić information content (AvgIpc) is 2.42. The van der Waals surface area contributed by atoms with E-state index in [-0.39, 0.29) is 5.91 Å². The predicted molar refractivity (Wildman–Crippen MR) is 61.0 cm³/mol. The van der Waals surface area contributed by atoms with Crippen molar-refractivity contribution in [1.82, 2.24) is 10.6 Å². The Kier molecular flexibility index (Phi) is 3.48. The third kappa shape index (κ3) is 2.05. The molecule has 1 aliphatic rings. The van der Waals surface area contributed by atoms with Crippen molar-refractivity contribution in [3.63, 3.8) is 0 Å². The molecule has 1 saturated heterocycles. The highest BCUT2D eigenvalue weighted by molar-refractivity contribution is 7.80. The van der Waals surface area contributed by atoms with Gasteiger partial charge < -0.3 is 10.6 Å². The zero-order valence-corrected chi connectivity index (χ0v) is 9.83. The summed E-state index contributed by atoms with van der Waals surface area (Å²) in [5.74, 6) is 0.569. The standard InChI is InChI=1S/C10H18N2OS/c1-4-7(3)6-10(5-2)8(13)11-9(14)12-10/h7H,4-6H2,1-3H3,(H2,11,12,13,14). The molecule has 80 valence electrons. The van der Waals surface area contributed by atoms with E-state index in [1.165, 1.54) is 0 Å². The van der Waals surface area contributed by atoms with E-state index in [9.17, 15) is 4.79 Å². The molecule has 0 aromatic rings. The molecule has 14 heavy (non-hydrogen) atoms. The van der Waals surface area contributed by atoms with E-state index >= 15 is 0 Å². The lowest BCUT2D eigenvalue weighted by Crippen LogP contribution is -2.47. The lowest BCUT2D eigenvalue weighted by atomic mass is 9.85. The van der Waals surface area contributed by atoms with Crippen molar-refractivity contribution in [3.8, 4) is 0 Å². The number of rotatable bonds is 4. The molecule has 1 heterocycles. The zero-order chi connectivity index (χ0) is 10.8. The maximum Gasteiger partial charge on any atom is 0.251 e. The first-order valence-electron chi connectivity index (χ1n) is 5.17. The van der Waals surface area contributed by atoms with E-state index in [0.29, 0.717) is 11.0 Å². The molecule has 0 spiro atoms. The molecular formula is C10H18N2OS. The summed E-state index contributed by atoms with van der Waals surface area (Å²) in [5, 5.41) is 6.24. The van der Waals surface area contributed by atoms with E-state index in [0.717, 1.165) is 19.3 Å². The van der Waals surface area contributed by atoms with Crippen molar-refractivity contribution >= 4 is 23.2 Å². The third-order valence-electron chi connectivity index (χ3n) is 3.01. The van der Waals surface area contributed by atoms with E-state index < -0.39 is 5.54 Å². The van der Waals surface area contributed by atoms with Crippen molar-refractivity contribution in [2.75, 3.05) is 0 Å². The normalized spacial score (nSPS) is 28.5. The third-order valence-corrected chi connectivity index (χ3v) is 3.22. The fourth-order valence-electron chi connectivity index (χ4n) is 1.80. The highest BCUT2D eigenvalue weighted by atomic mass is 32.1. The smallest absolute Gasteiger partial charge is 0.251 e. The number of hydrogen-bond acceptors (Lipinski definition) is 2. The molecule has 0 bridgehead atoms. The van der Waals surface area contributed by atoms with Gasteiger partial charge in [-0.2, -0.15) is 0 Å². The van der Waals surface area contributed by atoms with Gasteiger partial charge in [0, 0.05) is 0 Å². The van der Waals surface area contributed by atoms with Crippen LogP contribution in [0, 0.1) is 5.92 Å². The predicted octanol–water partition coefficient (Wildman–Crippen LogP) is 1.58. The number of carbonyl (C=O) groups excluding carboxylic acids is 1. The molecule has 1 aliphatic heterocycles. The lowest BCUT2D eigenvalue weighted by Gasteiger charge is -2.27. The minimum Gasteiger partial charge on any atom is -0.348 e. The maximum absolute atomic E-state index is 11.7. The Morgan fingerprint density at radius 3 is 2.50 bits per heavy atom. The van der Waals surface area contributed by atoms with Crippen LogP contribution in [-0.4, -0.2) is 16.6 Å². The number of amides is 1. The number of nitrogens with one attached hydrogen (secondary N) is 2. The highest BCUT2D eigenvalue weighted by Gasteiger charge is 2.43. The highest BCUT2D eigenvalue weighted by Crippen LogP contribution is 2.25. The summed E-state index contributed by atoms with van der Waals surface area (Å²) in [4.78, 5) is 11.7. The Balaban J connectivity index is 2.76. The molecule has 2 unspecified atom stereocenters. The van der Waals surface area contributed by atoms with Crippen LogP contribution in [0.15, 0.2) is 0 Å². The van der Waals surface area contributed by atoms with Crippen LogP contribution in [0.2, 0.25) is 0 Å². The van der Waals surface area contributed by atoms with Gasteiger partial charge >= 0.3 is 0 Å². The van der Waals surface area contributed by atoms with Gasteiger partial charge in [0.15, 0.2) is 5.11 Å². The maximum atomic E-state index is 11.7. The molecule has 1 amide bonds. The second kappa shape index (κ2) is 4.26. The van der Waals surface area contributed by atoms with Crippen molar-refractivity contribution in [1.29, 1.82) is 0 Å². The molecule has 1 rings (SSSR count). The number of hydrogen-bond donors (Lipinski definition) is 2. The van der Waals surface area contributed by atoms with Crippen LogP contribution in [0.3, 0.4) is 0 Å². The van der Waals surface area contributed by atoms with Crippen molar-refractivity contribution in [2.24, 2.45) is 5.92 Å². The summed E-state index contributed by atoms with van der Waals surface area (Å²) in [6.45, 7) is 6.32. The molecule has 0 aromatic heterocycles. The first-order chi connectivity index (χ1) is 6.54. The van der Waals surface area contributed by atoms with Crippen molar-refractivity contribution in [3.05, 3.63) is 0 Å². The quantitative estimate of drug-likeness (QED) is 0.698. The van der Waals surface area contributed by atoms with Gasteiger partial charge in [0.25, 0.3) is 5.91 Å². The van der Waals surface area contributed by atoms with Gasteiger partial charge in [-0.05, 0) is 31.0 Å². The van der Waals surface area contributed by atoms with Crippen LogP contribution in [-0.2, 0) is 4.79 Å². The van der Waals surface area contributed by atoms with Crippen molar-refractivity contribution in [2.45, 2.75) is 45.6 Å². The topological polar surface area (TPSA) is 41.1 Å². The average molecular weight is 214 g/mol. The first-order valence-corrected chi connectivity index (χ1v) is 5.58. The minimum atomic E-state index is -0.452. The van der Waals surface area contributed by atoms with E-state index in [1.807, 2.05) is 6.92 Å². The van der Waals surface area contributed by atoms with Crippen LogP contribution >= 0.6 is 12.2 Å². The van der Waals surface area contributed by atoms with Gasteiger partial charge in [0.2, 0.25) is 0 Å². The summed E-state index contributed by atoms with van der Waals surface area (Å²) in [6.07, 6.45) is 2.72. The lowest BCUT2D eigenvalue weighted by molar-refractivity contribution is -0.124. The summed E-state index contributed by atoms with van der Waals surface area (Å²) in [7, 11) is 0. The number of thiocarbonyl (C=S) groups is 1. The molecular weight excluding hydrogens is 196 g/mol. The summed E-state index contributed by atoms with van der Waals surface area (Å²) >= 11 is 4.96. The zero-order valence-electron chi connectivity index (χ0n) is 9.02. The second-order valence-corrected chi connectivity index (χ2v) is 4.47. The Hall–Kier alpha value is -0.640. The molecule has 4 heteroatoms. The molecule has 0 aliphatic carbocycles. The Labute approximate surface area is 90.6 Å². The Bertz CT molecular complexity index is 255. The summed E-state index contributed by atoms with van der Waals surface area (Å²) in [6, 6.07) is 0. The van der Waals surface area contributed by atoms with Crippen LogP contribution in [0.1, 0.15) is 40.0 Å². The molecule has 0 saturated carbocycles. The largest absolute Gasteiger partial charge is 0.348 e. The van der Waals surface area contributed by atoms with Crippen molar-refractivity contribution < 1.29 is 4.79 Å². The second-order valence-electron chi connectivity index (χ2n) is 4.06. The Morgan fingerprint density at radius 1 is 1.50 bits per heavy atom. The van der Waals surface area contributed by atoms with E-state index in [2.05, 4.69) is 24.5 Å². The van der Waals surface area contributed by atoms with Gasteiger partial charge in [-0.1, -0.05) is 27.2 Å². The van der Waals surface area contributed by atoms with Gasteiger partial charge in [-0.3, -0.25) is 4.79 Å². The van der Waals surface area contributed by atoms with Crippen LogP contribution in [0.5, 0.6) is 0 Å². The van der Waals surface area contributed by atoms with Crippen LogP contribution < -0.4 is 10.6 Å². The minimum absolute atomic E-state index is 0.0327. The molecule has 0 radical (unpaired) electrons. The Morgan fingerprint density at radius 2 is 2.14 bits per heavy atom. The molecule has 1 fully saturated rings. The van der Waals surface area contributed by atoms with Gasteiger partial charge in [-0.25, -0.2) is 0 Å². The fraction of sp³-hybridized carbons (Fsp3) is 0.800. The molecule has 2 N–H and O–H groups in total. The van der Waals surface area contributed by atoms with E-state index in [1.54, 1.807) is 0 Å². The monoisotopic (exact) mass is 214 g/mol. The number of carbonyl (C=O) groups is 1. The van der Waals surface area contributed by atoms with Gasteiger partial charge in [-0.15, -0.1) is 0 Å².